The lowest BCUT2D eigenvalue weighted by molar-refractivity contribution is 0.0209. The number of piperazine rings is 1. The maximum atomic E-state index is 13.9. The Morgan fingerprint density at radius 2 is 1.85 bits per heavy atom. The van der Waals surface area contributed by atoms with Gasteiger partial charge in [0, 0.05) is 80.6 Å². The minimum atomic E-state index is -0.759. The molecule has 0 spiro atoms. The van der Waals surface area contributed by atoms with Crippen LogP contribution in [0.4, 0.5) is 8.78 Å². The first-order valence-corrected chi connectivity index (χ1v) is 13.5. The number of aromatic amines is 1. The first-order chi connectivity index (χ1) is 19.0. The van der Waals surface area contributed by atoms with E-state index in [9.17, 15) is 13.6 Å². The van der Waals surface area contributed by atoms with E-state index in [0.717, 1.165) is 73.2 Å². The fourth-order valence-electron chi connectivity index (χ4n) is 5.41. The number of nitrogens with zero attached hydrogens (tertiary/aromatic N) is 4. The Labute approximate surface area is 227 Å². The van der Waals surface area contributed by atoms with Crippen LogP contribution in [-0.2, 0) is 16.0 Å². The Hall–Kier alpha value is -3.34. The molecule has 208 valence electrons. The molecule has 0 radical (unpaired) electrons. The van der Waals surface area contributed by atoms with Crippen LogP contribution in [-0.4, -0.2) is 103 Å². The fourth-order valence-corrected chi connectivity index (χ4v) is 5.41. The predicted molar refractivity (Wildman–Crippen MR) is 146 cm³/mol. The number of fused-ring (bicyclic) bond motifs is 1. The van der Waals surface area contributed by atoms with Crippen molar-refractivity contribution in [2.45, 2.75) is 19.4 Å². The SMILES string of the molecule is CC(CN1CCN(C(=O)c2cc(F)cc(F)c2)[C@H](Cc2c[nH]c3ccccc23)C1)=NOCCN1CCOCC1. The molecule has 1 aromatic heterocycles. The van der Waals surface area contributed by atoms with E-state index in [1.165, 1.54) is 0 Å². The fraction of sp³-hybridized carbons (Fsp3) is 0.448. The molecule has 0 aliphatic carbocycles. The summed E-state index contributed by atoms with van der Waals surface area (Å²) in [6, 6.07) is 10.8. The third-order valence-corrected chi connectivity index (χ3v) is 7.34. The number of hydrogen-bond donors (Lipinski definition) is 1. The molecule has 39 heavy (non-hydrogen) atoms. The standard InChI is InChI=1S/C29H35F2N5O3/c1-21(33-39-13-10-34-8-11-38-12-9-34)19-35-6-7-36(29(37)22-14-24(30)17-25(31)15-22)26(20-35)16-23-18-32-28-5-3-2-4-27(23)28/h2-5,14-15,17-18,26,32H,6-13,16,19-20H2,1H3/t26-/m1/s1. The van der Waals surface area contributed by atoms with Crippen molar-refractivity contribution in [3.63, 3.8) is 0 Å². The van der Waals surface area contributed by atoms with Crippen LogP contribution in [0.3, 0.4) is 0 Å². The maximum Gasteiger partial charge on any atom is 0.254 e. The third kappa shape index (κ3) is 7.00. The van der Waals surface area contributed by atoms with Gasteiger partial charge >= 0.3 is 0 Å². The lowest BCUT2D eigenvalue weighted by Gasteiger charge is -2.41. The van der Waals surface area contributed by atoms with Crippen LogP contribution < -0.4 is 0 Å². The Morgan fingerprint density at radius 1 is 1.08 bits per heavy atom. The topological polar surface area (TPSA) is 73.4 Å². The summed E-state index contributed by atoms with van der Waals surface area (Å²) in [7, 11) is 0. The first kappa shape index (κ1) is 27.2. The summed E-state index contributed by atoms with van der Waals surface area (Å²) in [5.74, 6) is -1.88. The summed E-state index contributed by atoms with van der Waals surface area (Å²) < 4.78 is 33.2. The van der Waals surface area contributed by atoms with Crippen molar-refractivity contribution in [2.24, 2.45) is 5.16 Å². The summed E-state index contributed by atoms with van der Waals surface area (Å²) in [4.78, 5) is 28.6. The van der Waals surface area contributed by atoms with Crippen LogP contribution >= 0.6 is 0 Å². The second-order valence-corrected chi connectivity index (χ2v) is 10.2. The number of carbonyl (C=O) groups excluding carboxylic acids is 1. The highest BCUT2D eigenvalue weighted by Gasteiger charge is 2.32. The van der Waals surface area contributed by atoms with Crippen molar-refractivity contribution in [1.29, 1.82) is 0 Å². The van der Waals surface area contributed by atoms with Crippen molar-refractivity contribution in [1.82, 2.24) is 19.7 Å². The van der Waals surface area contributed by atoms with E-state index < -0.39 is 11.6 Å². The number of amides is 1. The first-order valence-electron chi connectivity index (χ1n) is 13.5. The van der Waals surface area contributed by atoms with Crippen LogP contribution in [0.15, 0.2) is 53.8 Å². The highest BCUT2D eigenvalue weighted by Crippen LogP contribution is 2.24. The average molecular weight is 540 g/mol. The second-order valence-electron chi connectivity index (χ2n) is 10.2. The van der Waals surface area contributed by atoms with E-state index >= 15 is 0 Å². The Balaban J connectivity index is 1.26. The van der Waals surface area contributed by atoms with Gasteiger partial charge in [0.1, 0.15) is 18.2 Å². The molecular formula is C29H35F2N5O3. The number of benzene rings is 2. The number of oxime groups is 1. The molecule has 1 atom stereocenters. The van der Waals surface area contributed by atoms with Crippen molar-refractivity contribution in [3.8, 4) is 0 Å². The highest BCUT2D eigenvalue weighted by atomic mass is 19.1. The predicted octanol–water partition coefficient (Wildman–Crippen LogP) is 3.54. The van der Waals surface area contributed by atoms with Gasteiger partial charge in [0.15, 0.2) is 0 Å². The quantitative estimate of drug-likeness (QED) is 0.256. The van der Waals surface area contributed by atoms with E-state index in [2.05, 4.69) is 26.0 Å². The number of H-pyrrole nitrogens is 1. The zero-order valence-corrected chi connectivity index (χ0v) is 22.2. The van der Waals surface area contributed by atoms with Gasteiger partial charge in [-0.25, -0.2) is 8.78 Å². The van der Waals surface area contributed by atoms with Gasteiger partial charge in [-0.05, 0) is 37.1 Å². The lowest BCUT2D eigenvalue weighted by Crippen LogP contribution is -2.56. The van der Waals surface area contributed by atoms with Crippen LogP contribution in [0.25, 0.3) is 10.9 Å². The molecule has 1 amide bonds. The number of rotatable bonds is 9. The van der Waals surface area contributed by atoms with Gasteiger partial charge in [0.2, 0.25) is 0 Å². The van der Waals surface area contributed by atoms with E-state index in [-0.39, 0.29) is 17.5 Å². The summed E-state index contributed by atoms with van der Waals surface area (Å²) in [6.07, 6.45) is 2.58. The van der Waals surface area contributed by atoms with E-state index in [1.807, 2.05) is 31.3 Å². The lowest BCUT2D eigenvalue weighted by atomic mass is 10.00. The molecule has 10 heteroatoms. The number of ether oxygens (including phenoxy) is 1. The van der Waals surface area contributed by atoms with Gasteiger partial charge in [-0.1, -0.05) is 23.4 Å². The van der Waals surface area contributed by atoms with E-state index in [1.54, 1.807) is 4.90 Å². The van der Waals surface area contributed by atoms with Gasteiger partial charge in [0.25, 0.3) is 5.91 Å². The monoisotopic (exact) mass is 539 g/mol. The number of aromatic nitrogens is 1. The summed E-state index contributed by atoms with van der Waals surface area (Å²) in [6.45, 7) is 8.88. The summed E-state index contributed by atoms with van der Waals surface area (Å²) in [5, 5.41) is 5.42. The molecular weight excluding hydrogens is 504 g/mol. The number of carbonyl (C=O) groups is 1. The number of hydrogen-bond acceptors (Lipinski definition) is 6. The average Bonchev–Trinajstić information content (AvgIpc) is 3.34. The minimum Gasteiger partial charge on any atom is -0.394 e. The molecule has 0 bridgehead atoms. The van der Waals surface area contributed by atoms with Crippen molar-refractivity contribution >= 4 is 22.5 Å². The molecule has 0 saturated carbocycles. The maximum absolute atomic E-state index is 13.9. The second kappa shape index (κ2) is 12.7. The number of para-hydroxylation sites is 1. The molecule has 3 heterocycles. The Kier molecular flexibility index (Phi) is 8.85. The molecule has 5 rings (SSSR count). The Morgan fingerprint density at radius 3 is 2.64 bits per heavy atom. The smallest absolute Gasteiger partial charge is 0.254 e. The van der Waals surface area contributed by atoms with Crippen LogP contribution in [0.5, 0.6) is 0 Å². The molecule has 0 unspecified atom stereocenters. The highest BCUT2D eigenvalue weighted by molar-refractivity contribution is 5.94. The number of halogens is 2. The molecule has 2 fully saturated rings. The van der Waals surface area contributed by atoms with Gasteiger partial charge in [-0.15, -0.1) is 0 Å². The zero-order chi connectivity index (χ0) is 27.2. The normalized spacial score (nSPS) is 19.5. The summed E-state index contributed by atoms with van der Waals surface area (Å²) in [5.41, 5.74) is 3.01. The van der Waals surface area contributed by atoms with Crippen LogP contribution in [0.2, 0.25) is 0 Å². The number of nitrogens with one attached hydrogen (secondary N) is 1. The van der Waals surface area contributed by atoms with Crippen molar-refractivity contribution < 1.29 is 23.1 Å². The molecule has 2 saturated heterocycles. The molecule has 3 aromatic rings. The summed E-state index contributed by atoms with van der Waals surface area (Å²) >= 11 is 0. The Bertz CT molecular complexity index is 1290. The van der Waals surface area contributed by atoms with Crippen molar-refractivity contribution in [3.05, 3.63) is 71.4 Å². The zero-order valence-electron chi connectivity index (χ0n) is 22.2. The third-order valence-electron chi connectivity index (χ3n) is 7.34. The largest absolute Gasteiger partial charge is 0.394 e. The molecule has 2 aliphatic heterocycles. The van der Waals surface area contributed by atoms with Gasteiger partial charge in [0.05, 0.1) is 18.9 Å². The molecule has 2 aromatic carbocycles. The molecule has 8 nitrogen and oxygen atoms in total. The minimum absolute atomic E-state index is 0.0243. The molecule has 2 aliphatic rings. The van der Waals surface area contributed by atoms with Gasteiger partial charge in [-0.3, -0.25) is 14.6 Å². The van der Waals surface area contributed by atoms with Crippen LogP contribution in [0.1, 0.15) is 22.8 Å². The number of morpholine rings is 1. The van der Waals surface area contributed by atoms with E-state index in [0.29, 0.717) is 39.2 Å². The van der Waals surface area contributed by atoms with Crippen LogP contribution in [0, 0.1) is 11.6 Å². The van der Waals surface area contributed by atoms with Gasteiger partial charge < -0.3 is 19.5 Å². The van der Waals surface area contributed by atoms with Gasteiger partial charge in [-0.2, -0.15) is 0 Å². The molecule has 1 N–H and O–H groups in total. The van der Waals surface area contributed by atoms with Crippen molar-refractivity contribution in [2.75, 3.05) is 65.6 Å². The van der Waals surface area contributed by atoms with E-state index in [4.69, 9.17) is 9.57 Å².